The Morgan fingerprint density at radius 3 is 2.63 bits per heavy atom. The van der Waals surface area contributed by atoms with Gasteiger partial charge in [0.15, 0.2) is 0 Å². The maximum absolute atomic E-state index is 13.0. The van der Waals surface area contributed by atoms with E-state index in [1.54, 1.807) is 11.0 Å². The summed E-state index contributed by atoms with van der Waals surface area (Å²) in [5.41, 5.74) is 4.50. The second kappa shape index (κ2) is 7.35. The van der Waals surface area contributed by atoms with E-state index in [4.69, 9.17) is 0 Å². The topological polar surface area (TPSA) is 101 Å². The minimum absolute atomic E-state index is 0.286. The van der Waals surface area contributed by atoms with Gasteiger partial charge in [-0.25, -0.2) is 0 Å². The highest BCUT2D eigenvalue weighted by molar-refractivity contribution is 6.00. The molecule has 2 amide bonds. The molecular formula is C23H22N4O3. The third-order valence-corrected chi connectivity index (χ3v) is 5.75. The number of carbonyl (C=O) groups is 2. The van der Waals surface area contributed by atoms with Gasteiger partial charge >= 0.3 is 0 Å². The number of benzene rings is 2. The number of fused-ring (bicyclic) bond motifs is 4. The van der Waals surface area contributed by atoms with E-state index in [1.165, 1.54) is 10.9 Å². The normalized spacial score (nSPS) is 14.6. The molecule has 0 saturated carbocycles. The highest BCUT2D eigenvalue weighted by atomic mass is 16.3. The number of carbonyl (C=O) groups excluding carboxylic acids is 2. The predicted octanol–water partition coefficient (Wildman–Crippen LogP) is 2.32. The number of hydrogen-bond acceptors (Lipinski definition) is 3. The third-order valence-electron chi connectivity index (χ3n) is 5.75. The number of rotatable bonds is 4. The highest BCUT2D eigenvalue weighted by Gasteiger charge is 2.30. The monoisotopic (exact) mass is 402 g/mol. The molecule has 1 atom stereocenters. The van der Waals surface area contributed by atoms with Crippen molar-refractivity contribution in [2.45, 2.75) is 19.0 Å². The average molecular weight is 402 g/mol. The van der Waals surface area contributed by atoms with Crippen LogP contribution in [0.4, 0.5) is 0 Å². The van der Waals surface area contributed by atoms with Crippen LogP contribution in [0.3, 0.4) is 0 Å². The molecule has 3 heterocycles. The van der Waals surface area contributed by atoms with E-state index < -0.39 is 18.6 Å². The van der Waals surface area contributed by atoms with Crippen molar-refractivity contribution in [2.24, 2.45) is 0 Å². The minimum Gasteiger partial charge on any atom is -0.394 e. The summed E-state index contributed by atoms with van der Waals surface area (Å²) in [5.74, 6) is -0.701. The number of aromatic amines is 2. The van der Waals surface area contributed by atoms with Gasteiger partial charge in [0.25, 0.3) is 5.91 Å². The van der Waals surface area contributed by atoms with Crippen molar-refractivity contribution in [3.05, 3.63) is 71.5 Å². The molecular weight excluding hydrogens is 380 g/mol. The molecule has 152 valence electrons. The van der Waals surface area contributed by atoms with Crippen LogP contribution in [0.25, 0.3) is 21.8 Å². The van der Waals surface area contributed by atoms with E-state index in [2.05, 4.69) is 21.4 Å². The first-order valence-electron chi connectivity index (χ1n) is 10.0. The van der Waals surface area contributed by atoms with Crippen molar-refractivity contribution in [3.8, 4) is 0 Å². The lowest BCUT2D eigenvalue weighted by molar-refractivity contribution is -0.135. The van der Waals surface area contributed by atoms with Crippen LogP contribution in [-0.4, -0.2) is 51.0 Å². The first-order chi connectivity index (χ1) is 14.6. The number of hydrogen-bond donors (Lipinski definition) is 4. The first-order valence-corrected chi connectivity index (χ1v) is 10.0. The van der Waals surface area contributed by atoms with Crippen LogP contribution in [0.15, 0.2) is 54.6 Å². The molecule has 0 aliphatic carbocycles. The summed E-state index contributed by atoms with van der Waals surface area (Å²) >= 11 is 0. The maximum atomic E-state index is 13.0. The Hall–Kier alpha value is -3.58. The molecule has 7 nitrogen and oxygen atoms in total. The van der Waals surface area contributed by atoms with Gasteiger partial charge in [-0.05, 0) is 30.2 Å². The van der Waals surface area contributed by atoms with E-state index in [-0.39, 0.29) is 5.91 Å². The van der Waals surface area contributed by atoms with Crippen molar-refractivity contribution in [1.29, 1.82) is 0 Å². The Morgan fingerprint density at radius 1 is 1.07 bits per heavy atom. The Balaban J connectivity index is 1.32. The van der Waals surface area contributed by atoms with E-state index in [0.29, 0.717) is 18.8 Å². The number of para-hydroxylation sites is 2. The summed E-state index contributed by atoms with van der Waals surface area (Å²) in [6.45, 7) is 0.523. The van der Waals surface area contributed by atoms with Gasteiger partial charge in [0.05, 0.1) is 13.2 Å². The molecule has 0 radical (unpaired) electrons. The summed E-state index contributed by atoms with van der Waals surface area (Å²) in [5, 5.41) is 14.6. The summed E-state index contributed by atoms with van der Waals surface area (Å²) < 4.78 is 0. The van der Waals surface area contributed by atoms with E-state index >= 15 is 0 Å². The van der Waals surface area contributed by atoms with Gasteiger partial charge in [-0.15, -0.1) is 0 Å². The smallest absolute Gasteiger partial charge is 0.268 e. The highest BCUT2D eigenvalue weighted by Crippen LogP contribution is 2.27. The minimum atomic E-state index is -0.991. The van der Waals surface area contributed by atoms with Gasteiger partial charge in [0, 0.05) is 34.0 Å². The fourth-order valence-corrected chi connectivity index (χ4v) is 4.22. The molecule has 1 aliphatic heterocycles. The van der Waals surface area contributed by atoms with Crippen molar-refractivity contribution < 1.29 is 14.7 Å². The number of aliphatic hydroxyl groups excluding tert-OH is 1. The average Bonchev–Trinajstić information content (AvgIpc) is 3.37. The fourth-order valence-electron chi connectivity index (χ4n) is 4.22. The van der Waals surface area contributed by atoms with Crippen LogP contribution >= 0.6 is 0 Å². The molecule has 0 fully saturated rings. The van der Waals surface area contributed by atoms with Gasteiger partial charge in [-0.3, -0.25) is 9.59 Å². The molecule has 2 aromatic carbocycles. The van der Waals surface area contributed by atoms with Crippen LogP contribution in [0.1, 0.15) is 21.7 Å². The summed E-state index contributed by atoms with van der Waals surface area (Å²) in [6, 6.07) is 16.4. The zero-order chi connectivity index (χ0) is 20.7. The van der Waals surface area contributed by atoms with Crippen LogP contribution in [0, 0.1) is 0 Å². The quantitative estimate of drug-likeness (QED) is 0.421. The van der Waals surface area contributed by atoms with Gasteiger partial charge in [-0.1, -0.05) is 36.4 Å². The number of nitrogens with zero attached hydrogens (tertiary/aromatic N) is 1. The molecule has 0 spiro atoms. The SMILES string of the molecule is O=C(N[C@@H](CO)C(=O)N1CCc2c([nH]c3ccccc23)C1)c1cc2ccccc2[nH]1. The molecule has 0 saturated heterocycles. The van der Waals surface area contributed by atoms with Crippen molar-refractivity contribution in [3.63, 3.8) is 0 Å². The van der Waals surface area contributed by atoms with Crippen LogP contribution < -0.4 is 5.32 Å². The molecule has 4 N–H and O–H groups in total. The maximum Gasteiger partial charge on any atom is 0.268 e. The molecule has 30 heavy (non-hydrogen) atoms. The Morgan fingerprint density at radius 2 is 1.83 bits per heavy atom. The molecule has 2 aromatic heterocycles. The van der Waals surface area contributed by atoms with E-state index in [9.17, 15) is 14.7 Å². The molecule has 4 aromatic rings. The fraction of sp³-hybridized carbons (Fsp3) is 0.217. The second-order valence-electron chi connectivity index (χ2n) is 7.62. The molecule has 1 aliphatic rings. The number of amides is 2. The van der Waals surface area contributed by atoms with Crippen molar-refractivity contribution in [2.75, 3.05) is 13.2 Å². The molecule has 5 rings (SSSR count). The Labute approximate surface area is 172 Å². The van der Waals surface area contributed by atoms with Crippen molar-refractivity contribution >= 4 is 33.6 Å². The lowest BCUT2D eigenvalue weighted by Crippen LogP contribution is -2.51. The zero-order valence-electron chi connectivity index (χ0n) is 16.3. The number of nitrogens with one attached hydrogen (secondary N) is 3. The third kappa shape index (κ3) is 3.13. The van der Waals surface area contributed by atoms with Gasteiger partial charge < -0.3 is 25.3 Å². The van der Waals surface area contributed by atoms with Gasteiger partial charge in [0.2, 0.25) is 5.91 Å². The molecule has 0 bridgehead atoms. The second-order valence-corrected chi connectivity index (χ2v) is 7.62. The lowest BCUT2D eigenvalue weighted by Gasteiger charge is -2.30. The largest absolute Gasteiger partial charge is 0.394 e. The summed E-state index contributed by atoms with van der Waals surface area (Å²) in [6.07, 6.45) is 0.735. The van der Waals surface area contributed by atoms with Crippen LogP contribution in [0.2, 0.25) is 0 Å². The first kappa shape index (κ1) is 18.4. The standard InChI is InChI=1S/C23H22N4O3/c28-13-21(26-22(29)19-11-14-5-1-3-7-17(14)24-19)23(30)27-10-9-16-15-6-2-4-8-18(15)25-20(16)12-27/h1-8,11,21,24-25,28H,9-10,12-13H2,(H,26,29)/t21-/m0/s1. The number of H-pyrrole nitrogens is 2. The molecule has 7 heteroatoms. The zero-order valence-corrected chi connectivity index (χ0v) is 16.3. The molecule has 0 unspecified atom stereocenters. The summed E-state index contributed by atoms with van der Waals surface area (Å²) in [7, 11) is 0. The van der Waals surface area contributed by atoms with E-state index in [1.807, 2.05) is 42.5 Å². The number of aromatic nitrogens is 2. The van der Waals surface area contributed by atoms with Crippen molar-refractivity contribution in [1.82, 2.24) is 20.2 Å². The van der Waals surface area contributed by atoms with Crippen LogP contribution in [-0.2, 0) is 17.8 Å². The predicted molar refractivity (Wildman–Crippen MR) is 114 cm³/mol. The lowest BCUT2D eigenvalue weighted by atomic mass is 10.0. The van der Waals surface area contributed by atoms with Gasteiger partial charge in [-0.2, -0.15) is 0 Å². The van der Waals surface area contributed by atoms with Crippen LogP contribution in [0.5, 0.6) is 0 Å². The summed E-state index contributed by atoms with van der Waals surface area (Å²) in [4.78, 5) is 33.8. The number of aliphatic hydroxyl groups is 1. The Kier molecular flexibility index (Phi) is 4.52. The van der Waals surface area contributed by atoms with Gasteiger partial charge in [0.1, 0.15) is 11.7 Å². The van der Waals surface area contributed by atoms with E-state index in [0.717, 1.165) is 28.5 Å². The Bertz CT molecular complexity index is 1220.